The molecule has 3 rings (SSSR count). The number of aromatic amines is 1. The highest BCUT2D eigenvalue weighted by atomic mass is 19.1. The highest BCUT2D eigenvalue weighted by molar-refractivity contribution is 5.79. The summed E-state index contributed by atoms with van der Waals surface area (Å²) in [6.07, 6.45) is 0.360. The number of carbonyl (C=O) groups is 1. The molecule has 0 aliphatic carbocycles. The number of morpholine rings is 1. The van der Waals surface area contributed by atoms with Gasteiger partial charge < -0.3 is 14.6 Å². The van der Waals surface area contributed by atoms with Gasteiger partial charge in [0.2, 0.25) is 5.91 Å². The molecule has 1 saturated heterocycles. The molecule has 1 N–H and O–H groups in total. The van der Waals surface area contributed by atoms with E-state index in [0.29, 0.717) is 43.2 Å². The number of aryl methyl sites for hydroxylation is 2. The van der Waals surface area contributed by atoms with Gasteiger partial charge in [0.15, 0.2) is 0 Å². The third kappa shape index (κ3) is 4.35. The van der Waals surface area contributed by atoms with E-state index in [9.17, 15) is 14.0 Å². The Morgan fingerprint density at radius 2 is 2.23 bits per heavy atom. The van der Waals surface area contributed by atoms with Crippen LogP contribution in [-0.2, 0) is 22.4 Å². The number of amides is 1. The Morgan fingerprint density at radius 1 is 1.42 bits per heavy atom. The number of ether oxygens (including phenoxy) is 1. The standard InChI is InChI=1S/C19H22FN3O3/c1-12-17(19(25)22-13(2)21-12)10-18(24)23-6-7-26-16(11-23)9-14-4-3-5-15(20)8-14/h3-5,8,16H,6-7,9-11H2,1-2H3,(H,21,22,25)/t16-/m0/s1. The van der Waals surface area contributed by atoms with Crippen molar-refractivity contribution in [3.8, 4) is 0 Å². The van der Waals surface area contributed by atoms with Crippen molar-refractivity contribution in [2.75, 3.05) is 19.7 Å². The van der Waals surface area contributed by atoms with Gasteiger partial charge in [-0.3, -0.25) is 9.59 Å². The fraction of sp³-hybridized carbons (Fsp3) is 0.421. The summed E-state index contributed by atoms with van der Waals surface area (Å²) in [6, 6.07) is 6.38. The molecule has 1 aromatic heterocycles. The molecule has 1 amide bonds. The first-order chi connectivity index (χ1) is 12.4. The fourth-order valence-electron chi connectivity index (χ4n) is 3.22. The SMILES string of the molecule is Cc1nc(C)c(CC(=O)N2CCO[C@@H](Cc3cccc(F)c3)C2)c(=O)[nH]1. The number of hydrogen-bond acceptors (Lipinski definition) is 4. The topological polar surface area (TPSA) is 75.3 Å². The third-order valence-corrected chi connectivity index (χ3v) is 4.51. The van der Waals surface area contributed by atoms with Crippen LogP contribution < -0.4 is 5.56 Å². The molecule has 1 aromatic carbocycles. The molecule has 1 aliphatic heterocycles. The normalized spacial score (nSPS) is 17.3. The molecule has 138 valence electrons. The van der Waals surface area contributed by atoms with Crippen molar-refractivity contribution in [3.05, 3.63) is 63.1 Å². The summed E-state index contributed by atoms with van der Waals surface area (Å²) >= 11 is 0. The van der Waals surface area contributed by atoms with Crippen molar-refractivity contribution in [1.29, 1.82) is 0 Å². The molecule has 0 saturated carbocycles. The summed E-state index contributed by atoms with van der Waals surface area (Å²) < 4.78 is 19.0. The molecule has 2 heterocycles. The van der Waals surface area contributed by atoms with Gasteiger partial charge in [-0.2, -0.15) is 0 Å². The largest absolute Gasteiger partial charge is 0.374 e. The summed E-state index contributed by atoms with van der Waals surface area (Å²) in [4.78, 5) is 33.3. The van der Waals surface area contributed by atoms with Crippen LogP contribution in [0, 0.1) is 19.7 Å². The van der Waals surface area contributed by atoms with Crippen molar-refractivity contribution >= 4 is 5.91 Å². The number of halogens is 1. The number of carbonyl (C=O) groups excluding carboxylic acids is 1. The van der Waals surface area contributed by atoms with Crippen molar-refractivity contribution in [3.63, 3.8) is 0 Å². The minimum absolute atomic E-state index is 0.0150. The molecule has 6 nitrogen and oxygen atoms in total. The van der Waals surface area contributed by atoms with E-state index in [4.69, 9.17) is 4.74 Å². The molecule has 0 radical (unpaired) electrons. The van der Waals surface area contributed by atoms with Crippen LogP contribution in [0.1, 0.15) is 22.6 Å². The van der Waals surface area contributed by atoms with E-state index in [0.717, 1.165) is 5.56 Å². The summed E-state index contributed by atoms with van der Waals surface area (Å²) in [7, 11) is 0. The second kappa shape index (κ2) is 7.78. The molecule has 0 unspecified atom stereocenters. The van der Waals surface area contributed by atoms with E-state index >= 15 is 0 Å². The fourth-order valence-corrected chi connectivity index (χ4v) is 3.22. The van der Waals surface area contributed by atoms with Crippen molar-refractivity contribution < 1.29 is 13.9 Å². The van der Waals surface area contributed by atoms with Gasteiger partial charge in [-0.25, -0.2) is 9.37 Å². The quantitative estimate of drug-likeness (QED) is 0.899. The first kappa shape index (κ1) is 18.3. The molecule has 1 fully saturated rings. The Bertz CT molecular complexity index is 865. The zero-order valence-electron chi connectivity index (χ0n) is 14.9. The number of aromatic nitrogens is 2. The van der Waals surface area contributed by atoms with E-state index in [-0.39, 0.29) is 29.8 Å². The molecule has 1 atom stereocenters. The van der Waals surface area contributed by atoms with Crippen LogP contribution in [0.3, 0.4) is 0 Å². The van der Waals surface area contributed by atoms with Crippen LogP contribution in [0.4, 0.5) is 4.39 Å². The Kier molecular flexibility index (Phi) is 5.46. The maximum atomic E-state index is 13.3. The molecule has 0 bridgehead atoms. The zero-order valence-corrected chi connectivity index (χ0v) is 14.9. The van der Waals surface area contributed by atoms with Crippen LogP contribution >= 0.6 is 0 Å². The lowest BCUT2D eigenvalue weighted by Crippen LogP contribution is -2.47. The van der Waals surface area contributed by atoms with Gasteiger partial charge in [-0.15, -0.1) is 0 Å². The Labute approximate surface area is 151 Å². The predicted octanol–water partition coefficient (Wildman–Crippen LogP) is 1.54. The smallest absolute Gasteiger partial charge is 0.254 e. The third-order valence-electron chi connectivity index (χ3n) is 4.51. The molecule has 26 heavy (non-hydrogen) atoms. The first-order valence-corrected chi connectivity index (χ1v) is 8.62. The molecular formula is C19H22FN3O3. The van der Waals surface area contributed by atoms with Gasteiger partial charge in [0.05, 0.1) is 19.1 Å². The van der Waals surface area contributed by atoms with E-state index in [1.165, 1.54) is 12.1 Å². The van der Waals surface area contributed by atoms with Crippen molar-refractivity contribution in [2.45, 2.75) is 32.8 Å². The number of nitrogens with zero attached hydrogens (tertiary/aromatic N) is 2. The maximum absolute atomic E-state index is 13.3. The van der Waals surface area contributed by atoms with Crippen molar-refractivity contribution in [1.82, 2.24) is 14.9 Å². The monoisotopic (exact) mass is 359 g/mol. The lowest BCUT2D eigenvalue weighted by molar-refractivity contribution is -0.138. The summed E-state index contributed by atoms with van der Waals surface area (Å²) in [5, 5.41) is 0. The van der Waals surface area contributed by atoms with Gasteiger partial charge in [-0.05, 0) is 31.5 Å². The Balaban J connectivity index is 1.66. The second-order valence-electron chi connectivity index (χ2n) is 6.56. The summed E-state index contributed by atoms with van der Waals surface area (Å²) in [6.45, 7) is 4.77. The number of benzene rings is 1. The average molecular weight is 359 g/mol. The number of H-pyrrole nitrogens is 1. The van der Waals surface area contributed by atoms with Gasteiger partial charge in [-0.1, -0.05) is 12.1 Å². The predicted molar refractivity (Wildman–Crippen MR) is 94.5 cm³/mol. The van der Waals surface area contributed by atoms with Crippen LogP contribution in [0.5, 0.6) is 0 Å². The van der Waals surface area contributed by atoms with Crippen LogP contribution in [0.25, 0.3) is 0 Å². The number of nitrogens with one attached hydrogen (secondary N) is 1. The Morgan fingerprint density at radius 3 is 2.96 bits per heavy atom. The van der Waals surface area contributed by atoms with Gasteiger partial charge in [0.25, 0.3) is 5.56 Å². The molecule has 1 aliphatic rings. The zero-order chi connectivity index (χ0) is 18.7. The summed E-state index contributed by atoms with van der Waals surface area (Å²) in [5.41, 5.74) is 1.53. The number of hydrogen-bond donors (Lipinski definition) is 1. The summed E-state index contributed by atoms with van der Waals surface area (Å²) in [5.74, 6) is 0.120. The van der Waals surface area contributed by atoms with Gasteiger partial charge >= 0.3 is 0 Å². The minimum Gasteiger partial charge on any atom is -0.374 e. The molecule has 0 spiro atoms. The van der Waals surface area contributed by atoms with Crippen LogP contribution in [-0.4, -0.2) is 46.6 Å². The first-order valence-electron chi connectivity index (χ1n) is 8.62. The van der Waals surface area contributed by atoms with Gasteiger partial charge in [0, 0.05) is 30.8 Å². The van der Waals surface area contributed by atoms with E-state index in [2.05, 4.69) is 9.97 Å². The number of rotatable bonds is 4. The molecule has 7 heteroatoms. The minimum atomic E-state index is -0.284. The van der Waals surface area contributed by atoms with E-state index in [1.807, 2.05) is 6.07 Å². The maximum Gasteiger partial charge on any atom is 0.254 e. The Hall–Kier alpha value is -2.54. The lowest BCUT2D eigenvalue weighted by atomic mass is 10.1. The van der Waals surface area contributed by atoms with E-state index in [1.54, 1.807) is 24.8 Å². The lowest BCUT2D eigenvalue weighted by Gasteiger charge is -2.33. The highest BCUT2D eigenvalue weighted by Crippen LogP contribution is 2.14. The van der Waals surface area contributed by atoms with Gasteiger partial charge in [0.1, 0.15) is 11.6 Å². The second-order valence-corrected chi connectivity index (χ2v) is 6.56. The van der Waals surface area contributed by atoms with Crippen molar-refractivity contribution in [2.24, 2.45) is 0 Å². The van der Waals surface area contributed by atoms with Crippen LogP contribution in [0.2, 0.25) is 0 Å². The average Bonchev–Trinajstić information content (AvgIpc) is 2.58. The van der Waals surface area contributed by atoms with E-state index < -0.39 is 0 Å². The van der Waals surface area contributed by atoms with Crippen LogP contribution in [0.15, 0.2) is 29.1 Å². The molecular weight excluding hydrogens is 337 g/mol. The molecule has 2 aromatic rings. The highest BCUT2D eigenvalue weighted by Gasteiger charge is 2.25.